The number of ether oxygens (including phenoxy) is 1. The predicted octanol–water partition coefficient (Wildman–Crippen LogP) is 3.61. The summed E-state index contributed by atoms with van der Waals surface area (Å²) in [5.41, 5.74) is 0.523. The lowest BCUT2D eigenvalue weighted by Crippen LogP contribution is -2.56. The molecule has 0 bridgehead atoms. The van der Waals surface area contributed by atoms with Crippen LogP contribution in [0.1, 0.15) is 25.5 Å². The van der Waals surface area contributed by atoms with E-state index in [1.807, 2.05) is 18.7 Å². The third kappa shape index (κ3) is 3.91. The van der Waals surface area contributed by atoms with Crippen LogP contribution in [0.2, 0.25) is 0 Å². The molecule has 1 fully saturated rings. The van der Waals surface area contributed by atoms with Crippen LogP contribution in [-0.2, 0) is 4.79 Å². The summed E-state index contributed by atoms with van der Waals surface area (Å²) >= 11 is 1.19. The summed E-state index contributed by atoms with van der Waals surface area (Å²) < 4.78 is 38.5. The van der Waals surface area contributed by atoms with Gasteiger partial charge in [-0.3, -0.25) is 4.79 Å². The van der Waals surface area contributed by atoms with Crippen molar-refractivity contribution in [2.45, 2.75) is 25.8 Å². The molecule has 0 radical (unpaired) electrons. The van der Waals surface area contributed by atoms with Crippen LogP contribution in [0.3, 0.4) is 0 Å². The average Bonchev–Trinajstić information content (AvgIpc) is 3.35. The van der Waals surface area contributed by atoms with Crippen LogP contribution in [0.15, 0.2) is 41.2 Å². The number of benzene rings is 1. The standard InChI is InChI=1S/C27H24F2N6O4S/c1-4-17(37)33-8-9-34-14(10-33)11-39-23-19-24(34)32-27(38)35(26-21(13(2)3)30-12-40-26)25(19)31-22(20(23)29)18-15(28)6-5-7-16(18)36/h4-7,12-14,36H,1,8-11H2,2-3H3/t14-/m1/s1. The average molecular weight is 567 g/mol. The number of rotatable bonds is 4. The Kier molecular flexibility index (Phi) is 6.25. The maximum absolute atomic E-state index is 16.3. The van der Waals surface area contributed by atoms with Crippen molar-refractivity contribution in [3.8, 4) is 27.8 Å². The van der Waals surface area contributed by atoms with Crippen LogP contribution < -0.4 is 15.3 Å². The molecule has 6 rings (SSSR count). The molecule has 2 aliphatic rings. The van der Waals surface area contributed by atoms with Gasteiger partial charge in [-0.1, -0.05) is 26.5 Å². The molecule has 10 nitrogen and oxygen atoms in total. The number of pyridine rings is 1. The quantitative estimate of drug-likeness (QED) is 0.373. The van der Waals surface area contributed by atoms with Gasteiger partial charge in [0, 0.05) is 19.6 Å². The summed E-state index contributed by atoms with van der Waals surface area (Å²) in [5.74, 6) is -2.86. The minimum atomic E-state index is -1.01. The summed E-state index contributed by atoms with van der Waals surface area (Å²) in [4.78, 5) is 42.7. The Morgan fingerprint density at radius 3 is 2.80 bits per heavy atom. The Hall–Kier alpha value is -4.39. The fourth-order valence-corrected chi connectivity index (χ4v) is 6.16. The van der Waals surface area contributed by atoms with Crippen LogP contribution in [0.5, 0.6) is 11.5 Å². The van der Waals surface area contributed by atoms with Crippen molar-refractivity contribution in [3.63, 3.8) is 0 Å². The first-order valence-corrected chi connectivity index (χ1v) is 13.5. The molecule has 1 amide bonds. The highest BCUT2D eigenvalue weighted by atomic mass is 32.1. The minimum absolute atomic E-state index is 0.0135. The highest BCUT2D eigenvalue weighted by Gasteiger charge is 2.38. The Labute approximate surface area is 230 Å². The topological polar surface area (TPSA) is 114 Å². The fraction of sp³-hybridized carbons (Fsp3) is 0.296. The first-order valence-electron chi connectivity index (χ1n) is 12.6. The molecule has 40 heavy (non-hydrogen) atoms. The second-order valence-corrected chi connectivity index (χ2v) is 10.7. The zero-order valence-electron chi connectivity index (χ0n) is 21.6. The van der Waals surface area contributed by atoms with Gasteiger partial charge in [-0.2, -0.15) is 4.98 Å². The van der Waals surface area contributed by atoms with Gasteiger partial charge in [-0.25, -0.2) is 28.1 Å². The van der Waals surface area contributed by atoms with Crippen LogP contribution >= 0.6 is 11.3 Å². The number of carbonyl (C=O) groups is 1. The van der Waals surface area contributed by atoms with E-state index in [1.54, 1.807) is 10.4 Å². The Balaban J connectivity index is 1.68. The molecule has 5 heterocycles. The molecule has 1 atom stereocenters. The first kappa shape index (κ1) is 25.9. The van der Waals surface area contributed by atoms with Gasteiger partial charge in [-0.15, -0.1) is 11.3 Å². The van der Waals surface area contributed by atoms with Crippen molar-refractivity contribution in [1.29, 1.82) is 0 Å². The maximum atomic E-state index is 16.3. The number of halogens is 2. The SMILES string of the molecule is C=CC(=O)N1CCN2c3nc(=O)n(-c4scnc4C(C)C)c4nc(-c5c(O)cccc5F)c(F)c(c34)OC[C@H]2C1. The Morgan fingerprint density at radius 1 is 1.27 bits per heavy atom. The van der Waals surface area contributed by atoms with E-state index < -0.39 is 40.4 Å². The maximum Gasteiger partial charge on any atom is 0.356 e. The van der Waals surface area contributed by atoms with E-state index in [-0.39, 0.29) is 47.6 Å². The number of fused-ring (bicyclic) bond motifs is 2. The van der Waals surface area contributed by atoms with Gasteiger partial charge in [0.15, 0.2) is 17.2 Å². The van der Waals surface area contributed by atoms with Crippen LogP contribution in [0.4, 0.5) is 14.6 Å². The summed E-state index contributed by atoms with van der Waals surface area (Å²) in [6.07, 6.45) is 1.22. The van der Waals surface area contributed by atoms with E-state index in [0.717, 1.165) is 6.07 Å². The monoisotopic (exact) mass is 566 g/mol. The number of anilines is 1. The summed E-state index contributed by atoms with van der Waals surface area (Å²) in [7, 11) is 0. The zero-order valence-corrected chi connectivity index (χ0v) is 22.4. The molecule has 3 aromatic heterocycles. The molecule has 0 aliphatic carbocycles. The van der Waals surface area contributed by atoms with Crippen LogP contribution in [0.25, 0.3) is 27.3 Å². The predicted molar refractivity (Wildman–Crippen MR) is 145 cm³/mol. The molecule has 0 saturated carbocycles. The van der Waals surface area contributed by atoms with E-state index in [0.29, 0.717) is 23.8 Å². The smallest absolute Gasteiger partial charge is 0.356 e. The van der Waals surface area contributed by atoms with Crippen molar-refractivity contribution in [1.82, 2.24) is 24.4 Å². The van der Waals surface area contributed by atoms with Crippen molar-refractivity contribution in [2.75, 3.05) is 31.1 Å². The normalized spacial score (nSPS) is 16.6. The number of aromatic nitrogens is 4. The Morgan fingerprint density at radius 2 is 2.08 bits per heavy atom. The van der Waals surface area contributed by atoms with E-state index in [2.05, 4.69) is 21.5 Å². The van der Waals surface area contributed by atoms with Gasteiger partial charge in [-0.05, 0) is 24.1 Å². The summed E-state index contributed by atoms with van der Waals surface area (Å²) in [6, 6.07) is 3.13. The molecular formula is C27H24F2N6O4S. The third-order valence-corrected chi connectivity index (χ3v) is 7.94. The number of carbonyl (C=O) groups excluding carboxylic acids is 1. The van der Waals surface area contributed by atoms with E-state index in [1.165, 1.54) is 34.1 Å². The van der Waals surface area contributed by atoms with Crippen molar-refractivity contribution >= 4 is 34.1 Å². The van der Waals surface area contributed by atoms with Crippen LogP contribution in [-0.4, -0.2) is 67.7 Å². The molecular weight excluding hydrogens is 542 g/mol. The highest BCUT2D eigenvalue weighted by Crippen LogP contribution is 2.44. The highest BCUT2D eigenvalue weighted by molar-refractivity contribution is 7.12. The summed E-state index contributed by atoms with van der Waals surface area (Å²) in [6.45, 7) is 8.18. The fourth-order valence-electron chi connectivity index (χ4n) is 5.22. The van der Waals surface area contributed by atoms with Gasteiger partial charge < -0.3 is 19.6 Å². The molecule has 4 aromatic rings. The lowest BCUT2D eigenvalue weighted by Gasteiger charge is -2.40. The second-order valence-electron chi connectivity index (χ2n) is 9.83. The zero-order chi connectivity index (χ0) is 28.3. The molecule has 1 N–H and O–H groups in total. The molecule has 0 spiro atoms. The van der Waals surface area contributed by atoms with Crippen molar-refractivity contribution in [3.05, 3.63) is 64.2 Å². The molecule has 1 saturated heterocycles. The second kappa shape index (κ2) is 9.66. The van der Waals surface area contributed by atoms with E-state index >= 15 is 4.39 Å². The molecule has 1 aromatic carbocycles. The summed E-state index contributed by atoms with van der Waals surface area (Å²) in [5, 5.41) is 11.1. The number of phenols is 1. The Bertz CT molecular complexity index is 1730. The van der Waals surface area contributed by atoms with E-state index in [4.69, 9.17) is 4.74 Å². The van der Waals surface area contributed by atoms with Gasteiger partial charge in [0.2, 0.25) is 5.91 Å². The molecule has 2 aliphatic heterocycles. The number of hydrogen-bond donors (Lipinski definition) is 1. The number of amides is 1. The van der Waals surface area contributed by atoms with E-state index in [9.17, 15) is 19.1 Å². The third-order valence-electron chi connectivity index (χ3n) is 7.12. The number of phenolic OH excluding ortho intramolecular Hbond substituents is 1. The largest absolute Gasteiger partial charge is 0.507 e. The molecule has 13 heteroatoms. The lowest BCUT2D eigenvalue weighted by atomic mass is 10.1. The number of nitrogens with zero attached hydrogens (tertiary/aromatic N) is 6. The number of hydrogen-bond acceptors (Lipinski definition) is 9. The lowest BCUT2D eigenvalue weighted by molar-refractivity contribution is -0.126. The van der Waals surface area contributed by atoms with Crippen molar-refractivity contribution < 1.29 is 23.4 Å². The number of thiazole rings is 1. The first-order chi connectivity index (χ1) is 19.2. The number of aromatic hydroxyl groups is 1. The molecule has 206 valence electrons. The van der Waals surface area contributed by atoms with Crippen molar-refractivity contribution in [2.24, 2.45) is 0 Å². The van der Waals surface area contributed by atoms with Gasteiger partial charge in [0.25, 0.3) is 0 Å². The number of piperazine rings is 1. The minimum Gasteiger partial charge on any atom is -0.507 e. The van der Waals surface area contributed by atoms with Crippen LogP contribution in [0, 0.1) is 11.6 Å². The molecule has 0 unspecified atom stereocenters. The van der Waals surface area contributed by atoms with Gasteiger partial charge in [0.05, 0.1) is 22.8 Å². The van der Waals surface area contributed by atoms with Gasteiger partial charge >= 0.3 is 5.69 Å². The van der Waals surface area contributed by atoms with Gasteiger partial charge in [0.1, 0.15) is 40.1 Å².